The van der Waals surface area contributed by atoms with Gasteiger partial charge in [0.15, 0.2) is 0 Å². The molecule has 1 aliphatic rings. The summed E-state index contributed by atoms with van der Waals surface area (Å²) >= 11 is 6.61. The molecule has 1 saturated heterocycles. The van der Waals surface area contributed by atoms with E-state index in [0.717, 1.165) is 18.7 Å². The van der Waals surface area contributed by atoms with Gasteiger partial charge in [-0.2, -0.15) is 5.26 Å². The zero-order chi connectivity index (χ0) is 16.1. The maximum atomic E-state index is 12.0. The van der Waals surface area contributed by atoms with E-state index in [1.807, 2.05) is 11.0 Å². The molecule has 8 heteroatoms. The van der Waals surface area contributed by atoms with E-state index < -0.39 is 0 Å². The molecular weight excluding hydrogens is 322 g/mol. The van der Waals surface area contributed by atoms with E-state index in [9.17, 15) is 4.79 Å². The first-order valence-corrected chi connectivity index (χ1v) is 8.21. The van der Waals surface area contributed by atoms with E-state index in [-0.39, 0.29) is 17.5 Å². The number of morpholine rings is 1. The number of carbonyl (C=O) groups excluding carboxylic acids is 1. The highest BCUT2D eigenvalue weighted by Gasteiger charge is 2.18. The molecule has 1 aliphatic heterocycles. The fourth-order valence-corrected chi connectivity index (χ4v) is 3.03. The number of thioether (sulfide) groups is 1. The van der Waals surface area contributed by atoms with Crippen molar-refractivity contribution in [1.82, 2.24) is 4.90 Å². The molecule has 118 valence electrons. The van der Waals surface area contributed by atoms with Crippen molar-refractivity contribution in [2.75, 3.05) is 37.4 Å². The number of ether oxygens (including phenoxy) is 1. The standard InChI is InChI=1S/C14H17N3O3S2/c1-9-10(2)20-13(11(9)7-15)16-12(18)8-22-14(21)17-3-5-19-6-4-17/h3-6,8H2,1-2H3,(H,16,18). The predicted molar refractivity (Wildman–Crippen MR) is 89.0 cm³/mol. The zero-order valence-corrected chi connectivity index (χ0v) is 14.1. The molecule has 2 rings (SSSR count). The van der Waals surface area contributed by atoms with Gasteiger partial charge in [-0.25, -0.2) is 0 Å². The molecule has 0 bridgehead atoms. The van der Waals surface area contributed by atoms with Crippen LogP contribution >= 0.6 is 24.0 Å². The van der Waals surface area contributed by atoms with Crippen molar-refractivity contribution in [1.29, 1.82) is 5.26 Å². The highest BCUT2D eigenvalue weighted by molar-refractivity contribution is 8.23. The zero-order valence-electron chi connectivity index (χ0n) is 12.5. The van der Waals surface area contributed by atoms with Gasteiger partial charge >= 0.3 is 0 Å². The number of rotatable bonds is 3. The average molecular weight is 339 g/mol. The summed E-state index contributed by atoms with van der Waals surface area (Å²) in [6, 6.07) is 2.04. The summed E-state index contributed by atoms with van der Waals surface area (Å²) < 4.78 is 11.4. The van der Waals surface area contributed by atoms with Gasteiger partial charge in [-0.3, -0.25) is 10.1 Å². The smallest absolute Gasteiger partial charge is 0.237 e. The van der Waals surface area contributed by atoms with Crippen LogP contribution in [0.2, 0.25) is 0 Å². The Morgan fingerprint density at radius 3 is 2.77 bits per heavy atom. The van der Waals surface area contributed by atoms with Crippen LogP contribution in [0, 0.1) is 25.2 Å². The molecule has 0 atom stereocenters. The highest BCUT2D eigenvalue weighted by atomic mass is 32.2. The lowest BCUT2D eigenvalue weighted by Gasteiger charge is -2.28. The molecule has 0 radical (unpaired) electrons. The number of carbonyl (C=O) groups is 1. The van der Waals surface area contributed by atoms with Crippen LogP contribution in [-0.2, 0) is 9.53 Å². The first kappa shape index (κ1) is 16.8. The summed E-state index contributed by atoms with van der Waals surface area (Å²) in [5.74, 6) is 0.773. The number of amides is 1. The quantitative estimate of drug-likeness (QED) is 0.844. The maximum Gasteiger partial charge on any atom is 0.237 e. The van der Waals surface area contributed by atoms with Gasteiger partial charge in [-0.1, -0.05) is 24.0 Å². The molecular formula is C14H17N3O3S2. The van der Waals surface area contributed by atoms with E-state index in [1.54, 1.807) is 13.8 Å². The number of nitrogens with zero attached hydrogens (tertiary/aromatic N) is 2. The number of nitriles is 1. The predicted octanol–water partition coefficient (Wildman–Crippen LogP) is 2.06. The first-order valence-electron chi connectivity index (χ1n) is 6.82. The Bertz CT molecular complexity index is 616. The molecule has 22 heavy (non-hydrogen) atoms. The van der Waals surface area contributed by atoms with E-state index in [1.165, 1.54) is 11.8 Å². The fourth-order valence-electron chi connectivity index (χ4n) is 1.98. The summed E-state index contributed by atoms with van der Waals surface area (Å²) in [5.41, 5.74) is 1.11. The van der Waals surface area contributed by atoms with Crippen LogP contribution in [-0.4, -0.2) is 47.2 Å². The Labute approximate surface area is 138 Å². The molecule has 1 aromatic heterocycles. The summed E-state index contributed by atoms with van der Waals surface area (Å²) in [6.45, 7) is 6.36. The van der Waals surface area contributed by atoms with Crippen molar-refractivity contribution in [2.45, 2.75) is 13.8 Å². The molecule has 6 nitrogen and oxygen atoms in total. The number of anilines is 1. The summed E-state index contributed by atoms with van der Waals surface area (Å²) in [7, 11) is 0. The summed E-state index contributed by atoms with van der Waals surface area (Å²) in [5, 5.41) is 11.7. The monoisotopic (exact) mass is 339 g/mol. The minimum Gasteiger partial charge on any atom is -0.444 e. The van der Waals surface area contributed by atoms with Crippen molar-refractivity contribution in [3.63, 3.8) is 0 Å². The summed E-state index contributed by atoms with van der Waals surface area (Å²) in [6.07, 6.45) is 0. The van der Waals surface area contributed by atoms with E-state index >= 15 is 0 Å². The van der Waals surface area contributed by atoms with Gasteiger partial charge in [0, 0.05) is 18.7 Å². The molecule has 0 aromatic carbocycles. The van der Waals surface area contributed by atoms with Crippen LogP contribution in [0.15, 0.2) is 4.42 Å². The van der Waals surface area contributed by atoms with Crippen LogP contribution < -0.4 is 5.32 Å². The van der Waals surface area contributed by atoms with Crippen LogP contribution in [0.4, 0.5) is 5.88 Å². The molecule has 2 heterocycles. The molecule has 0 aliphatic carbocycles. The number of aryl methyl sites for hydroxylation is 1. The van der Waals surface area contributed by atoms with Crippen molar-refractivity contribution < 1.29 is 13.9 Å². The summed E-state index contributed by atoms with van der Waals surface area (Å²) in [4.78, 5) is 14.0. The molecule has 1 aromatic rings. The van der Waals surface area contributed by atoms with E-state index in [2.05, 4.69) is 5.32 Å². The Morgan fingerprint density at radius 2 is 2.14 bits per heavy atom. The van der Waals surface area contributed by atoms with Gasteiger partial charge < -0.3 is 14.1 Å². The maximum absolute atomic E-state index is 12.0. The van der Waals surface area contributed by atoms with Crippen molar-refractivity contribution >= 4 is 40.1 Å². The molecule has 0 unspecified atom stereocenters. The third-order valence-corrected chi connectivity index (χ3v) is 4.87. The second kappa shape index (κ2) is 7.63. The number of hydrogen-bond acceptors (Lipinski definition) is 6. The first-order chi connectivity index (χ1) is 10.5. The lowest BCUT2D eigenvalue weighted by Crippen LogP contribution is -2.39. The minimum atomic E-state index is -0.245. The van der Waals surface area contributed by atoms with Gasteiger partial charge in [0.25, 0.3) is 0 Å². The van der Waals surface area contributed by atoms with Crippen LogP contribution in [0.1, 0.15) is 16.9 Å². The second-order valence-corrected chi connectivity index (χ2v) is 6.41. The Morgan fingerprint density at radius 1 is 1.45 bits per heavy atom. The SMILES string of the molecule is Cc1oc(NC(=O)CSC(=S)N2CCOCC2)c(C#N)c1C. The minimum absolute atomic E-state index is 0.180. The van der Waals surface area contributed by atoms with Crippen LogP contribution in [0.5, 0.6) is 0 Å². The van der Waals surface area contributed by atoms with E-state index in [4.69, 9.17) is 26.6 Å². The normalized spacial score (nSPS) is 14.5. The van der Waals surface area contributed by atoms with Crippen LogP contribution in [0.3, 0.4) is 0 Å². The number of furan rings is 1. The topological polar surface area (TPSA) is 78.5 Å². The van der Waals surface area contributed by atoms with Gasteiger partial charge in [0.1, 0.15) is 21.7 Å². The third kappa shape index (κ3) is 4.00. The molecule has 0 saturated carbocycles. The Hall–Kier alpha value is -1.56. The lowest BCUT2D eigenvalue weighted by molar-refractivity contribution is -0.113. The van der Waals surface area contributed by atoms with Crippen molar-refractivity contribution in [3.05, 3.63) is 16.9 Å². The average Bonchev–Trinajstić information content (AvgIpc) is 2.79. The van der Waals surface area contributed by atoms with Crippen molar-refractivity contribution in [3.8, 4) is 6.07 Å². The Kier molecular flexibility index (Phi) is 5.83. The number of hydrogen-bond donors (Lipinski definition) is 1. The van der Waals surface area contributed by atoms with Gasteiger partial charge in [-0.15, -0.1) is 0 Å². The molecule has 1 amide bonds. The van der Waals surface area contributed by atoms with Gasteiger partial charge in [0.05, 0.1) is 19.0 Å². The lowest BCUT2D eigenvalue weighted by atomic mass is 10.2. The second-order valence-electron chi connectivity index (χ2n) is 4.80. The third-order valence-electron chi connectivity index (χ3n) is 3.35. The number of thiocarbonyl (C=S) groups is 1. The van der Waals surface area contributed by atoms with E-state index in [0.29, 0.717) is 28.9 Å². The molecule has 1 N–H and O–H groups in total. The van der Waals surface area contributed by atoms with Gasteiger partial charge in [0.2, 0.25) is 11.8 Å². The Balaban J connectivity index is 1.87. The van der Waals surface area contributed by atoms with Crippen molar-refractivity contribution in [2.24, 2.45) is 0 Å². The largest absolute Gasteiger partial charge is 0.444 e. The molecule has 0 spiro atoms. The fraction of sp³-hybridized carbons (Fsp3) is 0.500. The number of nitrogens with one attached hydrogen (secondary N) is 1. The molecule has 1 fully saturated rings. The van der Waals surface area contributed by atoms with Gasteiger partial charge in [-0.05, 0) is 13.8 Å². The van der Waals surface area contributed by atoms with Crippen LogP contribution in [0.25, 0.3) is 0 Å². The highest BCUT2D eigenvalue weighted by Crippen LogP contribution is 2.25.